The Morgan fingerprint density at radius 2 is 1.60 bits per heavy atom. The van der Waals surface area contributed by atoms with Gasteiger partial charge in [0.05, 0.1) is 30.5 Å². The number of alkyl carbamates (subject to hydrolysis) is 1. The number of hydrogen-bond donors (Lipinski definition) is 2. The Balaban J connectivity index is 1.42. The third kappa shape index (κ3) is 6.10. The third-order valence-electron chi connectivity index (χ3n) is 6.67. The van der Waals surface area contributed by atoms with Crippen molar-refractivity contribution in [2.24, 2.45) is 11.8 Å². The van der Waals surface area contributed by atoms with Crippen LogP contribution in [0.4, 0.5) is 4.79 Å². The number of benzene rings is 2. The first-order chi connectivity index (χ1) is 17.1. The van der Waals surface area contributed by atoms with Gasteiger partial charge in [-0.3, -0.25) is 4.79 Å². The minimum atomic E-state index is -0.348. The molecule has 35 heavy (non-hydrogen) atoms. The maximum absolute atomic E-state index is 13.3. The molecule has 1 aliphatic carbocycles. The van der Waals surface area contributed by atoms with E-state index < -0.39 is 0 Å². The van der Waals surface area contributed by atoms with Crippen LogP contribution in [0.15, 0.2) is 54.6 Å². The molecule has 2 amide bonds. The molecule has 1 aromatic heterocycles. The number of rotatable bonds is 8. The monoisotopic (exact) mass is 475 g/mol. The maximum atomic E-state index is 13.3. The summed E-state index contributed by atoms with van der Waals surface area (Å²) in [5.41, 5.74) is 2.95. The number of nitrogens with zero attached hydrogens (tertiary/aromatic N) is 1. The fourth-order valence-electron chi connectivity index (χ4n) is 4.74. The Labute approximate surface area is 206 Å². The van der Waals surface area contributed by atoms with E-state index >= 15 is 0 Å². The fraction of sp³-hybridized carbons (Fsp3) is 0.393. The number of hydrogen-bond acceptors (Lipinski definition) is 5. The van der Waals surface area contributed by atoms with Crippen molar-refractivity contribution in [3.8, 4) is 17.0 Å². The van der Waals surface area contributed by atoms with Gasteiger partial charge in [-0.25, -0.2) is 9.78 Å². The molecule has 0 unspecified atom stereocenters. The summed E-state index contributed by atoms with van der Waals surface area (Å²) >= 11 is 0. The minimum Gasteiger partial charge on any atom is -0.496 e. The number of nitrogens with one attached hydrogen (secondary N) is 2. The first kappa shape index (κ1) is 24.5. The molecular formula is C28H33N3O4. The van der Waals surface area contributed by atoms with Crippen molar-refractivity contribution in [1.82, 2.24) is 15.6 Å². The van der Waals surface area contributed by atoms with Gasteiger partial charge in [0, 0.05) is 24.0 Å². The number of para-hydroxylation sites is 2. The summed E-state index contributed by atoms with van der Waals surface area (Å²) in [5, 5.41) is 6.83. The number of carbonyl (C=O) groups is 2. The quantitative estimate of drug-likeness (QED) is 0.468. The van der Waals surface area contributed by atoms with Crippen LogP contribution >= 0.6 is 0 Å². The van der Waals surface area contributed by atoms with Crippen LogP contribution in [-0.2, 0) is 4.74 Å². The zero-order valence-electron chi connectivity index (χ0n) is 20.4. The highest BCUT2D eigenvalue weighted by atomic mass is 16.5. The number of methoxy groups -OCH3 is 1. The molecule has 2 aromatic carbocycles. The lowest BCUT2D eigenvalue weighted by molar-refractivity contribution is 0.0942. The van der Waals surface area contributed by atoms with Crippen molar-refractivity contribution < 1.29 is 19.1 Å². The molecular weight excluding hydrogens is 442 g/mol. The van der Waals surface area contributed by atoms with Gasteiger partial charge in [0.1, 0.15) is 5.75 Å². The molecule has 4 rings (SSSR count). The second-order valence-electron chi connectivity index (χ2n) is 8.97. The molecule has 0 spiro atoms. The Hall–Kier alpha value is -3.61. The number of amides is 2. The van der Waals surface area contributed by atoms with Crippen molar-refractivity contribution in [3.05, 3.63) is 60.2 Å². The average Bonchev–Trinajstić information content (AvgIpc) is 2.90. The first-order valence-corrected chi connectivity index (χ1v) is 12.3. The highest BCUT2D eigenvalue weighted by molar-refractivity contribution is 6.07. The highest BCUT2D eigenvalue weighted by Gasteiger charge is 2.23. The number of ether oxygens (including phenoxy) is 2. The van der Waals surface area contributed by atoms with E-state index in [4.69, 9.17) is 14.5 Å². The van der Waals surface area contributed by atoms with E-state index in [1.165, 1.54) is 0 Å². The van der Waals surface area contributed by atoms with E-state index in [-0.39, 0.29) is 12.0 Å². The van der Waals surface area contributed by atoms with Gasteiger partial charge in [-0.15, -0.1) is 0 Å². The SMILES string of the molecule is CCOC(=O)NC[C@H]1CC[C@H](CNC(=O)c2cc(-c3ccccc3OC)nc3ccccc23)CC1. The van der Waals surface area contributed by atoms with Gasteiger partial charge in [-0.1, -0.05) is 30.3 Å². The van der Waals surface area contributed by atoms with Crippen LogP contribution in [0.2, 0.25) is 0 Å². The van der Waals surface area contributed by atoms with Crippen LogP contribution in [0.1, 0.15) is 43.0 Å². The summed E-state index contributed by atoms with van der Waals surface area (Å²) in [4.78, 5) is 29.6. The molecule has 184 valence electrons. The fourth-order valence-corrected chi connectivity index (χ4v) is 4.74. The summed E-state index contributed by atoms with van der Waals surface area (Å²) in [6.45, 7) is 3.46. The molecule has 1 aliphatic rings. The molecule has 1 saturated carbocycles. The standard InChI is InChI=1S/C28H33N3O4/c1-3-35-28(33)30-18-20-14-12-19(13-15-20)17-29-27(32)23-16-25(22-9-5-7-11-26(22)34-2)31-24-10-6-4-8-21(23)24/h4-11,16,19-20H,3,12-15,17-18H2,1-2H3,(H,29,32)(H,30,33)/t19-,20-. The molecule has 7 heteroatoms. The van der Waals surface area contributed by atoms with E-state index in [1.54, 1.807) is 14.0 Å². The highest BCUT2D eigenvalue weighted by Crippen LogP contribution is 2.32. The zero-order valence-corrected chi connectivity index (χ0v) is 20.4. The van der Waals surface area contributed by atoms with Crippen LogP contribution in [0, 0.1) is 11.8 Å². The predicted octanol–water partition coefficient (Wildman–Crippen LogP) is 5.19. The van der Waals surface area contributed by atoms with Crippen LogP contribution in [0.5, 0.6) is 5.75 Å². The number of pyridine rings is 1. The number of fused-ring (bicyclic) bond motifs is 1. The normalized spacial score (nSPS) is 17.5. The second-order valence-corrected chi connectivity index (χ2v) is 8.97. The van der Waals surface area contributed by atoms with Gasteiger partial charge in [0.15, 0.2) is 0 Å². The average molecular weight is 476 g/mol. The molecule has 0 atom stereocenters. The number of aromatic nitrogens is 1. The molecule has 0 bridgehead atoms. The molecule has 0 aliphatic heterocycles. The van der Waals surface area contributed by atoms with Gasteiger partial charge in [-0.2, -0.15) is 0 Å². The maximum Gasteiger partial charge on any atom is 0.407 e. The smallest absolute Gasteiger partial charge is 0.407 e. The Morgan fingerprint density at radius 3 is 2.31 bits per heavy atom. The topological polar surface area (TPSA) is 89.6 Å². The van der Waals surface area contributed by atoms with E-state index in [9.17, 15) is 9.59 Å². The van der Waals surface area contributed by atoms with Gasteiger partial charge >= 0.3 is 6.09 Å². The Kier molecular flexibility index (Phi) is 8.19. The van der Waals surface area contributed by atoms with E-state index in [0.717, 1.165) is 47.9 Å². The van der Waals surface area contributed by atoms with Crippen LogP contribution in [0.25, 0.3) is 22.2 Å². The summed E-state index contributed by atoms with van der Waals surface area (Å²) in [6.07, 6.45) is 3.77. The van der Waals surface area contributed by atoms with Gasteiger partial charge in [-0.05, 0) is 68.7 Å². The van der Waals surface area contributed by atoms with Crippen molar-refractivity contribution in [1.29, 1.82) is 0 Å². The lowest BCUT2D eigenvalue weighted by Crippen LogP contribution is -2.34. The molecule has 0 saturated heterocycles. The minimum absolute atomic E-state index is 0.0918. The molecule has 7 nitrogen and oxygen atoms in total. The second kappa shape index (κ2) is 11.7. The lowest BCUT2D eigenvalue weighted by Gasteiger charge is -2.28. The summed E-state index contributed by atoms with van der Waals surface area (Å²) in [7, 11) is 1.63. The van der Waals surface area contributed by atoms with Crippen LogP contribution in [-0.4, -0.2) is 43.8 Å². The summed E-state index contributed by atoms with van der Waals surface area (Å²) < 4.78 is 10.5. The summed E-state index contributed by atoms with van der Waals surface area (Å²) in [5.74, 6) is 1.51. The van der Waals surface area contributed by atoms with Crippen molar-refractivity contribution in [2.75, 3.05) is 26.8 Å². The zero-order chi connectivity index (χ0) is 24.6. The van der Waals surface area contributed by atoms with E-state index in [2.05, 4.69) is 10.6 Å². The molecule has 3 aromatic rings. The molecule has 0 radical (unpaired) electrons. The van der Waals surface area contributed by atoms with Gasteiger partial charge in [0.2, 0.25) is 0 Å². The predicted molar refractivity (Wildman–Crippen MR) is 137 cm³/mol. The van der Waals surface area contributed by atoms with Crippen LogP contribution in [0.3, 0.4) is 0 Å². The molecule has 1 fully saturated rings. The first-order valence-electron chi connectivity index (χ1n) is 12.3. The van der Waals surface area contributed by atoms with Gasteiger partial charge in [0.25, 0.3) is 5.91 Å². The van der Waals surface area contributed by atoms with Crippen molar-refractivity contribution in [3.63, 3.8) is 0 Å². The van der Waals surface area contributed by atoms with E-state index in [0.29, 0.717) is 42.8 Å². The van der Waals surface area contributed by atoms with E-state index in [1.807, 2.05) is 54.6 Å². The molecule has 1 heterocycles. The third-order valence-corrected chi connectivity index (χ3v) is 6.67. The number of carbonyl (C=O) groups excluding carboxylic acids is 2. The van der Waals surface area contributed by atoms with Gasteiger partial charge < -0.3 is 20.1 Å². The van der Waals surface area contributed by atoms with Crippen LogP contribution < -0.4 is 15.4 Å². The Morgan fingerprint density at radius 1 is 0.943 bits per heavy atom. The van der Waals surface area contributed by atoms with Crippen molar-refractivity contribution in [2.45, 2.75) is 32.6 Å². The Bertz CT molecular complexity index is 1170. The van der Waals surface area contributed by atoms with Crippen molar-refractivity contribution >= 4 is 22.9 Å². The molecule has 2 N–H and O–H groups in total. The summed E-state index contributed by atoms with van der Waals surface area (Å²) in [6, 6.07) is 17.3. The lowest BCUT2D eigenvalue weighted by atomic mass is 9.82. The largest absolute Gasteiger partial charge is 0.496 e.